The van der Waals surface area contributed by atoms with Gasteiger partial charge in [0.25, 0.3) is 5.56 Å². The zero-order valence-corrected chi connectivity index (χ0v) is 23.5. The van der Waals surface area contributed by atoms with Gasteiger partial charge in [0.05, 0.1) is 36.1 Å². The number of aldehydes is 1. The number of hydrogen-bond donors (Lipinski definition) is 2. The number of methoxy groups -OCH3 is 1. The first kappa shape index (κ1) is 28.1. The smallest absolute Gasteiger partial charge is 0.257 e. The standard InChI is InChI=1S/C27H28FN3O5.C4H8/c1-4-14(10-32)16-7-22-26-17(9-31(22)27(35)18(16)12-36-3)25-20(29-23(34)11-33)6-5-15-13(2)19(28)8-21(30-26)24(15)25;1-4-2-3-4/h7-8,10,14,20,33H,4-6,9,11-12H2,1-3H3,(H,29,34);4H,2-3H2,1H3/t14?,20-;/m1./s1. The zero-order chi connectivity index (χ0) is 28.7. The molecule has 2 aliphatic carbocycles. The van der Waals surface area contributed by atoms with Crippen LogP contribution in [-0.4, -0.2) is 40.6 Å². The Balaban J connectivity index is 0.000000741. The number of pyridine rings is 2. The predicted octanol–water partition coefficient (Wildman–Crippen LogP) is 4.22. The van der Waals surface area contributed by atoms with Crippen LogP contribution in [-0.2, 0) is 33.9 Å². The topological polar surface area (TPSA) is 111 Å². The first-order valence-electron chi connectivity index (χ1n) is 14.0. The highest BCUT2D eigenvalue weighted by atomic mass is 19.1. The monoisotopic (exact) mass is 549 g/mol. The molecular weight excluding hydrogens is 513 g/mol. The maximum absolute atomic E-state index is 14.9. The number of amides is 1. The van der Waals surface area contributed by atoms with E-state index < -0.39 is 24.5 Å². The summed E-state index contributed by atoms with van der Waals surface area (Å²) in [7, 11) is 1.50. The van der Waals surface area contributed by atoms with E-state index in [1.165, 1.54) is 26.0 Å². The highest BCUT2D eigenvalue weighted by Gasteiger charge is 2.35. The molecule has 2 N–H and O–H groups in total. The summed E-state index contributed by atoms with van der Waals surface area (Å²) in [4.78, 5) is 42.5. The fourth-order valence-corrected chi connectivity index (χ4v) is 5.92. The Morgan fingerprint density at radius 1 is 1.30 bits per heavy atom. The summed E-state index contributed by atoms with van der Waals surface area (Å²) in [6.45, 7) is 5.56. The molecule has 0 bridgehead atoms. The molecule has 2 atom stereocenters. The maximum atomic E-state index is 14.9. The molecule has 1 aromatic carbocycles. The summed E-state index contributed by atoms with van der Waals surface area (Å²) in [5.74, 6) is -0.248. The fourth-order valence-electron chi connectivity index (χ4n) is 5.92. The van der Waals surface area contributed by atoms with Crippen LogP contribution in [0.2, 0.25) is 0 Å². The minimum atomic E-state index is -0.643. The lowest BCUT2D eigenvalue weighted by atomic mass is 9.81. The second-order valence-electron chi connectivity index (χ2n) is 11.1. The highest BCUT2D eigenvalue weighted by Crippen LogP contribution is 2.45. The quantitative estimate of drug-likeness (QED) is 0.334. The first-order valence-corrected chi connectivity index (χ1v) is 14.0. The molecule has 0 radical (unpaired) electrons. The normalized spacial score (nSPS) is 17.5. The van der Waals surface area contributed by atoms with Gasteiger partial charge in [-0.05, 0) is 60.4 Å². The van der Waals surface area contributed by atoms with Crippen LogP contribution >= 0.6 is 0 Å². The minimum absolute atomic E-state index is 0.0706. The minimum Gasteiger partial charge on any atom is -0.387 e. The van der Waals surface area contributed by atoms with Gasteiger partial charge in [-0.1, -0.05) is 26.7 Å². The SMILES string of the molecule is CC1CC1.CCC(C=O)c1cc2n(c(=O)c1COC)Cc1c-2nc2cc(F)c(C)c3c2c1[C@H](NC(=O)CO)CC3. The zero-order valence-electron chi connectivity index (χ0n) is 23.5. The number of hydrogen-bond acceptors (Lipinski definition) is 6. The van der Waals surface area contributed by atoms with E-state index in [1.807, 2.05) is 13.0 Å². The van der Waals surface area contributed by atoms with Crippen molar-refractivity contribution >= 4 is 23.1 Å². The molecule has 1 unspecified atom stereocenters. The number of carbonyl (C=O) groups is 2. The van der Waals surface area contributed by atoms with Gasteiger partial charge in [0.1, 0.15) is 18.7 Å². The Bertz CT molecular complexity index is 1560. The van der Waals surface area contributed by atoms with Crippen molar-refractivity contribution in [2.45, 2.75) is 78.0 Å². The largest absolute Gasteiger partial charge is 0.387 e. The Hall–Kier alpha value is -3.43. The molecule has 3 aliphatic rings. The van der Waals surface area contributed by atoms with Crippen LogP contribution in [0.5, 0.6) is 0 Å². The van der Waals surface area contributed by atoms with E-state index >= 15 is 0 Å². The molecule has 6 rings (SSSR count). The van der Waals surface area contributed by atoms with Crippen molar-refractivity contribution in [3.05, 3.63) is 61.7 Å². The third-order valence-electron chi connectivity index (χ3n) is 8.41. The average molecular weight is 550 g/mol. The fraction of sp³-hybridized carbons (Fsp3) is 0.484. The Kier molecular flexibility index (Phi) is 7.88. The molecule has 8 nitrogen and oxygen atoms in total. The molecule has 1 aliphatic heterocycles. The van der Waals surface area contributed by atoms with E-state index in [0.29, 0.717) is 52.9 Å². The van der Waals surface area contributed by atoms with Crippen molar-refractivity contribution in [1.82, 2.24) is 14.9 Å². The van der Waals surface area contributed by atoms with Gasteiger partial charge in [0.15, 0.2) is 0 Å². The molecule has 40 heavy (non-hydrogen) atoms. The lowest BCUT2D eigenvalue weighted by Gasteiger charge is -2.29. The summed E-state index contributed by atoms with van der Waals surface area (Å²) in [6.07, 6.45) is 5.42. The number of aromatic nitrogens is 2. The van der Waals surface area contributed by atoms with Gasteiger partial charge >= 0.3 is 0 Å². The number of fused-ring (bicyclic) bond motifs is 4. The number of benzene rings is 1. The molecule has 212 valence electrons. The molecule has 3 aromatic rings. The van der Waals surface area contributed by atoms with E-state index in [0.717, 1.165) is 34.3 Å². The third kappa shape index (κ3) is 4.86. The van der Waals surface area contributed by atoms with Gasteiger partial charge in [0, 0.05) is 35.6 Å². The van der Waals surface area contributed by atoms with Crippen molar-refractivity contribution in [2.24, 2.45) is 5.92 Å². The number of carbonyl (C=O) groups excluding carboxylic acids is 2. The van der Waals surface area contributed by atoms with E-state index in [-0.39, 0.29) is 24.5 Å². The summed E-state index contributed by atoms with van der Waals surface area (Å²) in [6, 6.07) is 2.81. The molecule has 2 aromatic heterocycles. The highest BCUT2D eigenvalue weighted by molar-refractivity contribution is 5.93. The number of aliphatic hydroxyl groups is 1. The lowest BCUT2D eigenvalue weighted by Crippen LogP contribution is -2.33. The number of aliphatic hydroxyl groups excluding tert-OH is 1. The van der Waals surface area contributed by atoms with E-state index in [9.17, 15) is 23.9 Å². The van der Waals surface area contributed by atoms with Gasteiger partial charge in [-0.3, -0.25) is 9.59 Å². The van der Waals surface area contributed by atoms with Crippen LogP contribution in [0.25, 0.3) is 22.3 Å². The molecule has 1 fully saturated rings. The van der Waals surface area contributed by atoms with Crippen LogP contribution in [0.3, 0.4) is 0 Å². The van der Waals surface area contributed by atoms with Crippen LogP contribution < -0.4 is 10.9 Å². The van der Waals surface area contributed by atoms with Gasteiger partial charge in [0.2, 0.25) is 5.91 Å². The second-order valence-corrected chi connectivity index (χ2v) is 11.1. The van der Waals surface area contributed by atoms with Crippen LogP contribution in [0.4, 0.5) is 4.39 Å². The van der Waals surface area contributed by atoms with Gasteiger partial charge in [-0.25, -0.2) is 9.37 Å². The molecule has 1 saturated carbocycles. The van der Waals surface area contributed by atoms with Gasteiger partial charge in [-0.2, -0.15) is 0 Å². The van der Waals surface area contributed by atoms with Crippen LogP contribution in [0.15, 0.2) is 16.9 Å². The Labute approximate surface area is 232 Å². The summed E-state index contributed by atoms with van der Waals surface area (Å²) >= 11 is 0. The number of ether oxygens (including phenoxy) is 1. The number of aryl methyl sites for hydroxylation is 1. The molecule has 9 heteroatoms. The second kappa shape index (κ2) is 11.2. The number of nitrogens with zero attached hydrogens (tertiary/aromatic N) is 2. The van der Waals surface area contributed by atoms with Crippen molar-refractivity contribution in [3.63, 3.8) is 0 Å². The van der Waals surface area contributed by atoms with E-state index in [1.54, 1.807) is 11.5 Å². The summed E-state index contributed by atoms with van der Waals surface area (Å²) in [5.41, 5.74) is 5.32. The Morgan fingerprint density at radius 3 is 2.62 bits per heavy atom. The molecule has 1 amide bonds. The van der Waals surface area contributed by atoms with Crippen molar-refractivity contribution in [1.29, 1.82) is 0 Å². The van der Waals surface area contributed by atoms with Crippen molar-refractivity contribution in [2.75, 3.05) is 13.7 Å². The van der Waals surface area contributed by atoms with Gasteiger partial charge in [-0.15, -0.1) is 0 Å². The van der Waals surface area contributed by atoms with E-state index in [2.05, 4.69) is 12.2 Å². The van der Waals surface area contributed by atoms with Crippen LogP contribution in [0.1, 0.15) is 84.9 Å². The molecule has 0 saturated heterocycles. The Morgan fingerprint density at radius 2 is 2.02 bits per heavy atom. The number of rotatable bonds is 7. The van der Waals surface area contributed by atoms with Crippen molar-refractivity contribution in [3.8, 4) is 11.4 Å². The van der Waals surface area contributed by atoms with Gasteiger partial charge < -0.3 is 24.5 Å². The third-order valence-corrected chi connectivity index (χ3v) is 8.41. The van der Waals surface area contributed by atoms with Crippen LogP contribution in [0, 0.1) is 18.7 Å². The first-order chi connectivity index (χ1) is 19.2. The molecule has 3 heterocycles. The number of nitrogens with one attached hydrogen (secondary N) is 1. The average Bonchev–Trinajstić information content (AvgIpc) is 3.65. The van der Waals surface area contributed by atoms with Crippen molar-refractivity contribution < 1.29 is 23.8 Å². The number of halogens is 1. The van der Waals surface area contributed by atoms with E-state index in [4.69, 9.17) is 9.72 Å². The molecule has 0 spiro atoms. The maximum Gasteiger partial charge on any atom is 0.257 e. The summed E-state index contributed by atoms with van der Waals surface area (Å²) < 4.78 is 21.8. The summed E-state index contributed by atoms with van der Waals surface area (Å²) in [5, 5.41) is 13.0. The molecular formula is C31H36FN3O5. The predicted molar refractivity (Wildman–Crippen MR) is 150 cm³/mol. The lowest BCUT2D eigenvalue weighted by molar-refractivity contribution is -0.124.